The predicted molar refractivity (Wildman–Crippen MR) is 74.8 cm³/mol. The smallest absolute Gasteiger partial charge is 0.245 e. The molecule has 1 aromatic carbocycles. The molecule has 0 radical (unpaired) electrons. The number of carbonyl (C=O) groups excluding carboxylic acids is 1. The number of amides is 1. The molecule has 0 saturated heterocycles. The average Bonchev–Trinajstić information content (AvgIpc) is 2.70. The Hall–Kier alpha value is -2.14. The minimum absolute atomic E-state index is 0.239. The molecule has 1 heterocycles. The fourth-order valence-electron chi connectivity index (χ4n) is 1.86. The molecule has 1 aromatic heterocycles. The second-order valence-corrected chi connectivity index (χ2v) is 4.69. The molecule has 19 heavy (non-hydrogen) atoms. The lowest BCUT2D eigenvalue weighted by atomic mass is 10.1. The molecule has 0 aliphatic rings. The predicted octanol–water partition coefficient (Wildman–Crippen LogP) is 1.97. The van der Waals surface area contributed by atoms with Gasteiger partial charge in [-0.2, -0.15) is 5.10 Å². The third kappa shape index (κ3) is 2.82. The van der Waals surface area contributed by atoms with Gasteiger partial charge in [-0.1, -0.05) is 29.8 Å². The molecule has 2 rings (SSSR count). The molecule has 0 aliphatic heterocycles. The zero-order chi connectivity index (χ0) is 14.0. The van der Waals surface area contributed by atoms with Crippen molar-refractivity contribution in [1.82, 2.24) is 10.2 Å². The number of aromatic nitrogens is 2. The van der Waals surface area contributed by atoms with Gasteiger partial charge < -0.3 is 11.1 Å². The fraction of sp³-hybridized carbons (Fsp3) is 0.286. The van der Waals surface area contributed by atoms with Crippen molar-refractivity contribution >= 4 is 11.6 Å². The Balaban J connectivity index is 2.14. The Labute approximate surface area is 112 Å². The fourth-order valence-corrected chi connectivity index (χ4v) is 1.86. The van der Waals surface area contributed by atoms with Crippen LogP contribution >= 0.6 is 0 Å². The van der Waals surface area contributed by atoms with E-state index in [0.29, 0.717) is 5.69 Å². The average molecular weight is 258 g/mol. The van der Waals surface area contributed by atoms with E-state index < -0.39 is 6.04 Å². The number of nitrogens with one attached hydrogen (secondary N) is 2. The summed E-state index contributed by atoms with van der Waals surface area (Å²) in [6.07, 6.45) is 0. The number of nitrogens with two attached hydrogens (primary N) is 1. The van der Waals surface area contributed by atoms with Crippen molar-refractivity contribution in [1.29, 1.82) is 0 Å². The summed E-state index contributed by atoms with van der Waals surface area (Å²) >= 11 is 0. The number of anilines is 1. The zero-order valence-corrected chi connectivity index (χ0v) is 11.3. The Morgan fingerprint density at radius 3 is 2.42 bits per heavy atom. The van der Waals surface area contributed by atoms with Gasteiger partial charge in [0.05, 0.1) is 17.1 Å². The van der Waals surface area contributed by atoms with Gasteiger partial charge in [-0.05, 0) is 26.3 Å². The molecule has 0 aliphatic carbocycles. The first-order valence-electron chi connectivity index (χ1n) is 6.13. The lowest BCUT2D eigenvalue weighted by molar-refractivity contribution is -0.117. The van der Waals surface area contributed by atoms with Crippen LogP contribution in [-0.2, 0) is 4.79 Å². The van der Waals surface area contributed by atoms with E-state index in [2.05, 4.69) is 15.5 Å². The van der Waals surface area contributed by atoms with E-state index >= 15 is 0 Å². The van der Waals surface area contributed by atoms with Crippen LogP contribution < -0.4 is 11.1 Å². The molecule has 0 spiro atoms. The van der Waals surface area contributed by atoms with Crippen LogP contribution in [0, 0.1) is 20.8 Å². The van der Waals surface area contributed by atoms with Crippen LogP contribution in [0.15, 0.2) is 24.3 Å². The largest absolute Gasteiger partial charge is 0.321 e. The quantitative estimate of drug-likeness (QED) is 0.787. The molecule has 1 atom stereocenters. The lowest BCUT2D eigenvalue weighted by Gasteiger charge is -2.13. The number of hydrogen-bond acceptors (Lipinski definition) is 3. The van der Waals surface area contributed by atoms with Crippen LogP contribution in [0.5, 0.6) is 0 Å². The topological polar surface area (TPSA) is 83.8 Å². The molecular weight excluding hydrogens is 240 g/mol. The molecule has 5 heteroatoms. The normalized spacial score (nSPS) is 12.2. The zero-order valence-electron chi connectivity index (χ0n) is 11.3. The minimum atomic E-state index is -0.686. The summed E-state index contributed by atoms with van der Waals surface area (Å²) in [5.41, 5.74) is 10.2. The number of nitrogens with zero attached hydrogens (tertiary/aromatic N) is 1. The molecule has 0 bridgehead atoms. The van der Waals surface area contributed by atoms with Crippen molar-refractivity contribution in [3.8, 4) is 0 Å². The number of aryl methyl sites for hydroxylation is 3. The van der Waals surface area contributed by atoms with E-state index in [1.807, 2.05) is 45.0 Å². The van der Waals surface area contributed by atoms with Gasteiger partial charge in [0.2, 0.25) is 5.91 Å². The van der Waals surface area contributed by atoms with Gasteiger partial charge in [-0.3, -0.25) is 9.89 Å². The van der Waals surface area contributed by atoms with Gasteiger partial charge in [0, 0.05) is 0 Å². The number of benzene rings is 1. The lowest BCUT2D eigenvalue weighted by Crippen LogP contribution is -2.28. The Morgan fingerprint density at radius 1 is 1.26 bits per heavy atom. The van der Waals surface area contributed by atoms with Crippen molar-refractivity contribution in [2.75, 3.05) is 5.32 Å². The second kappa shape index (κ2) is 5.24. The summed E-state index contributed by atoms with van der Waals surface area (Å²) in [5, 5.41) is 9.67. The van der Waals surface area contributed by atoms with Gasteiger partial charge in [0.25, 0.3) is 0 Å². The van der Waals surface area contributed by atoms with E-state index in [-0.39, 0.29) is 5.91 Å². The molecule has 2 aromatic rings. The van der Waals surface area contributed by atoms with Crippen molar-refractivity contribution < 1.29 is 4.79 Å². The van der Waals surface area contributed by atoms with Crippen LogP contribution in [0.25, 0.3) is 0 Å². The highest BCUT2D eigenvalue weighted by Gasteiger charge is 2.18. The van der Waals surface area contributed by atoms with E-state index in [4.69, 9.17) is 5.73 Å². The number of rotatable bonds is 3. The monoisotopic (exact) mass is 258 g/mol. The summed E-state index contributed by atoms with van der Waals surface area (Å²) in [4.78, 5) is 12.1. The van der Waals surface area contributed by atoms with E-state index in [9.17, 15) is 4.79 Å². The summed E-state index contributed by atoms with van der Waals surface area (Å²) in [5.74, 6) is -0.239. The van der Waals surface area contributed by atoms with E-state index in [1.54, 1.807) is 0 Å². The number of carbonyl (C=O) groups is 1. The summed E-state index contributed by atoms with van der Waals surface area (Å²) in [6.45, 7) is 5.68. The van der Waals surface area contributed by atoms with Gasteiger partial charge in [0.1, 0.15) is 6.04 Å². The molecule has 5 nitrogen and oxygen atoms in total. The van der Waals surface area contributed by atoms with Gasteiger partial charge in [0.15, 0.2) is 0 Å². The highest BCUT2D eigenvalue weighted by molar-refractivity contribution is 5.96. The maximum Gasteiger partial charge on any atom is 0.245 e. The maximum absolute atomic E-state index is 12.1. The Bertz CT molecular complexity index is 566. The van der Waals surface area contributed by atoms with Crippen molar-refractivity contribution in [3.05, 3.63) is 46.8 Å². The van der Waals surface area contributed by atoms with Crippen molar-refractivity contribution in [2.45, 2.75) is 26.8 Å². The molecule has 100 valence electrons. The summed E-state index contributed by atoms with van der Waals surface area (Å²) in [6, 6.07) is 6.94. The van der Waals surface area contributed by atoms with Gasteiger partial charge >= 0.3 is 0 Å². The third-order valence-corrected chi connectivity index (χ3v) is 3.10. The van der Waals surface area contributed by atoms with Crippen LogP contribution in [0.4, 0.5) is 5.69 Å². The van der Waals surface area contributed by atoms with Crippen molar-refractivity contribution in [2.24, 2.45) is 5.73 Å². The van der Waals surface area contributed by atoms with Crippen LogP contribution in [0.1, 0.15) is 28.6 Å². The Kier molecular flexibility index (Phi) is 3.66. The van der Waals surface area contributed by atoms with Gasteiger partial charge in [-0.15, -0.1) is 0 Å². The van der Waals surface area contributed by atoms with E-state index in [1.165, 1.54) is 0 Å². The highest BCUT2D eigenvalue weighted by atomic mass is 16.2. The third-order valence-electron chi connectivity index (χ3n) is 3.10. The second-order valence-electron chi connectivity index (χ2n) is 4.69. The highest BCUT2D eigenvalue weighted by Crippen LogP contribution is 2.19. The van der Waals surface area contributed by atoms with Crippen LogP contribution in [0.2, 0.25) is 0 Å². The molecule has 4 N–H and O–H groups in total. The minimum Gasteiger partial charge on any atom is -0.321 e. The van der Waals surface area contributed by atoms with Crippen molar-refractivity contribution in [3.63, 3.8) is 0 Å². The summed E-state index contributed by atoms with van der Waals surface area (Å²) < 4.78 is 0. The standard InChI is InChI=1S/C14H18N4O/c1-8-4-6-11(7-5-8)12(15)14(19)16-13-9(2)17-18-10(13)3/h4-7,12H,15H2,1-3H3,(H,16,19)(H,17,18). The first kappa shape index (κ1) is 13.3. The first-order chi connectivity index (χ1) is 8.99. The number of aromatic amines is 1. The molecule has 1 unspecified atom stereocenters. The molecule has 0 fully saturated rings. The van der Waals surface area contributed by atoms with E-state index in [0.717, 1.165) is 22.5 Å². The van der Waals surface area contributed by atoms with Gasteiger partial charge in [-0.25, -0.2) is 0 Å². The van der Waals surface area contributed by atoms with Crippen LogP contribution in [-0.4, -0.2) is 16.1 Å². The first-order valence-corrected chi connectivity index (χ1v) is 6.13. The van der Waals surface area contributed by atoms with Crippen LogP contribution in [0.3, 0.4) is 0 Å². The molecule has 1 amide bonds. The molecule has 0 saturated carbocycles. The number of hydrogen-bond donors (Lipinski definition) is 3. The molecular formula is C14H18N4O. The summed E-state index contributed by atoms with van der Waals surface area (Å²) in [7, 11) is 0. The maximum atomic E-state index is 12.1. The number of H-pyrrole nitrogens is 1. The SMILES string of the molecule is Cc1ccc(C(N)C(=O)Nc2c(C)n[nH]c2C)cc1. The Morgan fingerprint density at radius 2 is 1.89 bits per heavy atom.